The quantitative estimate of drug-likeness (QED) is 0.630. The van der Waals surface area contributed by atoms with Crippen molar-refractivity contribution in [2.24, 2.45) is 0 Å². The lowest BCUT2D eigenvalue weighted by Gasteiger charge is -2.25. The molecule has 0 unspecified atom stereocenters. The van der Waals surface area contributed by atoms with Crippen LogP contribution in [0.1, 0.15) is 12.5 Å². The fourth-order valence-electron chi connectivity index (χ4n) is 2.41. The Labute approximate surface area is 141 Å². The van der Waals surface area contributed by atoms with Gasteiger partial charge in [-0.25, -0.2) is 0 Å². The molecule has 3 N–H and O–H groups in total. The Morgan fingerprint density at radius 1 is 1.33 bits per heavy atom. The van der Waals surface area contributed by atoms with Crippen LogP contribution in [-0.4, -0.2) is 19.6 Å². The van der Waals surface area contributed by atoms with E-state index in [0.29, 0.717) is 29.4 Å². The van der Waals surface area contributed by atoms with Gasteiger partial charge in [-0.1, -0.05) is 30.3 Å². The maximum Gasteiger partial charge on any atom is 0.221 e. The Kier molecular flexibility index (Phi) is 5.63. The number of anilines is 3. The highest BCUT2D eigenvalue weighted by molar-refractivity contribution is 5.94. The van der Waals surface area contributed by atoms with Crippen molar-refractivity contribution < 1.29 is 9.53 Å². The maximum atomic E-state index is 11.4. The average Bonchev–Trinajstić information content (AvgIpc) is 2.56. The van der Waals surface area contributed by atoms with E-state index in [0.717, 1.165) is 5.56 Å². The molecule has 2 aromatic carbocycles. The molecule has 2 aromatic rings. The van der Waals surface area contributed by atoms with Gasteiger partial charge in [-0.2, -0.15) is 5.26 Å². The Balaban J connectivity index is 2.43. The van der Waals surface area contributed by atoms with Crippen molar-refractivity contribution in [2.45, 2.75) is 13.5 Å². The number of nitrogens with zero attached hydrogens (tertiary/aromatic N) is 2. The molecule has 2 rings (SSSR count). The molecule has 0 radical (unpaired) electrons. The van der Waals surface area contributed by atoms with E-state index >= 15 is 0 Å². The van der Waals surface area contributed by atoms with E-state index in [9.17, 15) is 10.1 Å². The molecule has 6 heteroatoms. The summed E-state index contributed by atoms with van der Waals surface area (Å²) in [5.74, 6) is 0.334. The van der Waals surface area contributed by atoms with Crippen molar-refractivity contribution in [3.8, 4) is 11.8 Å². The van der Waals surface area contributed by atoms with E-state index in [4.69, 9.17) is 10.5 Å². The number of ether oxygens (including phenoxy) is 1. The van der Waals surface area contributed by atoms with E-state index in [1.807, 2.05) is 35.2 Å². The second kappa shape index (κ2) is 7.88. The molecule has 6 nitrogen and oxygen atoms in total. The lowest BCUT2D eigenvalue weighted by Crippen LogP contribution is -2.24. The molecule has 0 fully saturated rings. The van der Waals surface area contributed by atoms with Crippen molar-refractivity contribution in [3.63, 3.8) is 0 Å². The molecule has 0 aliphatic heterocycles. The predicted octanol–water partition coefficient (Wildman–Crippen LogP) is 2.77. The summed E-state index contributed by atoms with van der Waals surface area (Å²) in [4.78, 5) is 13.2. The summed E-state index contributed by atoms with van der Waals surface area (Å²) in [6.07, 6.45) is 0. The van der Waals surface area contributed by atoms with Crippen LogP contribution in [0.2, 0.25) is 0 Å². The minimum absolute atomic E-state index is 0.175. The van der Waals surface area contributed by atoms with Crippen LogP contribution in [0.25, 0.3) is 0 Å². The predicted molar refractivity (Wildman–Crippen MR) is 94.8 cm³/mol. The number of methoxy groups -OCH3 is 1. The minimum atomic E-state index is -0.215. The molecule has 0 aliphatic rings. The molecule has 24 heavy (non-hydrogen) atoms. The first kappa shape index (κ1) is 17.2. The zero-order valence-corrected chi connectivity index (χ0v) is 13.7. The first-order chi connectivity index (χ1) is 11.5. The zero-order valence-electron chi connectivity index (χ0n) is 13.7. The lowest BCUT2D eigenvalue weighted by atomic mass is 10.1. The van der Waals surface area contributed by atoms with Crippen molar-refractivity contribution in [1.29, 1.82) is 5.26 Å². The topological polar surface area (TPSA) is 91.4 Å². The summed E-state index contributed by atoms with van der Waals surface area (Å²) in [7, 11) is 1.55. The third kappa shape index (κ3) is 4.17. The van der Waals surface area contributed by atoms with Gasteiger partial charge < -0.3 is 20.7 Å². The van der Waals surface area contributed by atoms with E-state index in [2.05, 4.69) is 11.4 Å². The Morgan fingerprint density at radius 2 is 2.04 bits per heavy atom. The van der Waals surface area contributed by atoms with Crippen molar-refractivity contribution in [2.75, 3.05) is 29.6 Å². The van der Waals surface area contributed by atoms with Gasteiger partial charge in [0, 0.05) is 19.5 Å². The van der Waals surface area contributed by atoms with Gasteiger partial charge in [0.05, 0.1) is 30.2 Å². The highest BCUT2D eigenvalue weighted by Gasteiger charge is 2.16. The van der Waals surface area contributed by atoms with E-state index in [1.54, 1.807) is 19.2 Å². The van der Waals surface area contributed by atoms with Gasteiger partial charge >= 0.3 is 0 Å². The number of nitrogens with two attached hydrogens (primary N) is 1. The maximum absolute atomic E-state index is 11.4. The number of nitrogens with one attached hydrogen (secondary N) is 1. The van der Waals surface area contributed by atoms with Crippen LogP contribution in [0.5, 0.6) is 5.75 Å². The third-order valence-corrected chi connectivity index (χ3v) is 3.48. The second-order valence-corrected chi connectivity index (χ2v) is 5.29. The zero-order chi connectivity index (χ0) is 17.5. The summed E-state index contributed by atoms with van der Waals surface area (Å²) in [6.45, 7) is 2.13. The molecule has 124 valence electrons. The average molecular weight is 324 g/mol. The second-order valence-electron chi connectivity index (χ2n) is 5.29. The normalized spacial score (nSPS) is 9.88. The molecule has 0 spiro atoms. The van der Waals surface area contributed by atoms with Crippen LogP contribution < -0.4 is 20.7 Å². The van der Waals surface area contributed by atoms with Crippen LogP contribution in [0.15, 0.2) is 42.5 Å². The first-order valence-corrected chi connectivity index (χ1v) is 7.46. The van der Waals surface area contributed by atoms with Crippen LogP contribution in [0, 0.1) is 11.3 Å². The van der Waals surface area contributed by atoms with Crippen LogP contribution in [0.3, 0.4) is 0 Å². The Hall–Kier alpha value is -3.20. The summed E-state index contributed by atoms with van der Waals surface area (Å²) >= 11 is 0. The smallest absolute Gasteiger partial charge is 0.221 e. The molecular formula is C18H20N4O2. The molecule has 0 saturated carbocycles. The molecular weight excluding hydrogens is 304 g/mol. The number of amides is 1. The lowest BCUT2D eigenvalue weighted by molar-refractivity contribution is -0.114. The monoisotopic (exact) mass is 324 g/mol. The third-order valence-electron chi connectivity index (χ3n) is 3.48. The summed E-state index contributed by atoms with van der Waals surface area (Å²) in [5, 5.41) is 11.9. The number of nitrogen functional groups attached to an aromatic ring is 1. The van der Waals surface area contributed by atoms with Crippen molar-refractivity contribution in [3.05, 3.63) is 48.0 Å². The van der Waals surface area contributed by atoms with Gasteiger partial charge in [-0.3, -0.25) is 4.79 Å². The fourth-order valence-corrected chi connectivity index (χ4v) is 2.41. The van der Waals surface area contributed by atoms with Gasteiger partial charge in [-0.15, -0.1) is 0 Å². The standard InChI is InChI=1S/C18H20N4O2/c1-13(23)21-16-11-17(18(24-2)10-15(16)20)22(9-8-19)12-14-6-4-3-5-7-14/h3-7,10-11H,9,12,20H2,1-2H3,(H,21,23). The molecule has 0 atom stereocenters. The first-order valence-electron chi connectivity index (χ1n) is 7.46. The molecule has 0 saturated heterocycles. The number of carbonyl (C=O) groups is 1. The van der Waals surface area contributed by atoms with Gasteiger partial charge in [0.1, 0.15) is 12.3 Å². The molecule has 0 heterocycles. The van der Waals surface area contributed by atoms with Crippen molar-refractivity contribution in [1.82, 2.24) is 0 Å². The number of hydrogen-bond acceptors (Lipinski definition) is 5. The Morgan fingerprint density at radius 3 is 2.62 bits per heavy atom. The van der Waals surface area contributed by atoms with Crippen LogP contribution >= 0.6 is 0 Å². The van der Waals surface area contributed by atoms with Gasteiger partial charge in [0.2, 0.25) is 5.91 Å². The largest absolute Gasteiger partial charge is 0.495 e. The summed E-state index contributed by atoms with van der Waals surface area (Å²) in [6, 6.07) is 15.4. The van der Waals surface area contributed by atoms with Crippen LogP contribution in [0.4, 0.5) is 17.1 Å². The van der Waals surface area contributed by atoms with Gasteiger partial charge in [-0.05, 0) is 11.6 Å². The van der Waals surface area contributed by atoms with E-state index in [1.165, 1.54) is 6.92 Å². The van der Waals surface area contributed by atoms with E-state index in [-0.39, 0.29) is 12.5 Å². The number of benzene rings is 2. The van der Waals surface area contributed by atoms with Crippen LogP contribution in [-0.2, 0) is 11.3 Å². The summed E-state index contributed by atoms with van der Waals surface area (Å²) < 4.78 is 5.41. The minimum Gasteiger partial charge on any atom is -0.495 e. The SMILES string of the molecule is COc1cc(N)c(NC(C)=O)cc1N(CC#N)Cc1ccccc1. The van der Waals surface area contributed by atoms with Gasteiger partial charge in [0.25, 0.3) is 0 Å². The summed E-state index contributed by atoms with van der Waals surface area (Å²) in [5.41, 5.74) is 8.62. The molecule has 1 amide bonds. The molecule has 0 bridgehead atoms. The highest BCUT2D eigenvalue weighted by Crippen LogP contribution is 2.36. The van der Waals surface area contributed by atoms with E-state index < -0.39 is 0 Å². The highest BCUT2D eigenvalue weighted by atomic mass is 16.5. The fraction of sp³-hybridized carbons (Fsp3) is 0.222. The number of hydrogen-bond donors (Lipinski definition) is 2. The Bertz CT molecular complexity index is 754. The number of nitriles is 1. The van der Waals surface area contributed by atoms with Crippen molar-refractivity contribution >= 4 is 23.0 Å². The molecule has 0 aliphatic carbocycles. The molecule has 0 aromatic heterocycles. The van der Waals surface area contributed by atoms with Gasteiger partial charge in [0.15, 0.2) is 0 Å². The number of carbonyl (C=O) groups excluding carboxylic acids is 1. The number of rotatable bonds is 6.